The first-order valence-corrected chi connectivity index (χ1v) is 9.07. The quantitative estimate of drug-likeness (QED) is 0.459. The Morgan fingerprint density at radius 1 is 0.875 bits per heavy atom. The second kappa shape index (κ2) is 10.5. The molecule has 0 amide bonds. The summed E-state index contributed by atoms with van der Waals surface area (Å²) in [5.74, 6) is 0. The lowest BCUT2D eigenvalue weighted by atomic mass is 10.1. The van der Waals surface area contributed by atoms with Crippen LogP contribution in [0.2, 0.25) is 0 Å². The number of para-hydroxylation sites is 1. The highest BCUT2D eigenvalue weighted by Crippen LogP contribution is 2.18. The van der Waals surface area contributed by atoms with Crippen molar-refractivity contribution in [3.05, 3.63) is 78.0 Å². The van der Waals surface area contributed by atoms with E-state index in [0.717, 1.165) is 17.7 Å². The number of rotatable bonds is 10. The van der Waals surface area contributed by atoms with Gasteiger partial charge in [-0.05, 0) is 42.2 Å². The summed E-state index contributed by atoms with van der Waals surface area (Å²) >= 11 is 0. The fourth-order valence-corrected chi connectivity index (χ4v) is 2.73. The summed E-state index contributed by atoms with van der Waals surface area (Å²) in [5, 5.41) is 3.59. The zero-order valence-corrected chi connectivity index (χ0v) is 14.8. The van der Waals surface area contributed by atoms with Crippen LogP contribution in [0.25, 0.3) is 12.2 Å². The van der Waals surface area contributed by atoms with E-state index in [1.807, 2.05) is 12.1 Å². The van der Waals surface area contributed by atoms with Gasteiger partial charge in [-0.3, -0.25) is 0 Å². The summed E-state index contributed by atoms with van der Waals surface area (Å²) in [4.78, 5) is 0. The standard InChI is InChI=1S/C23H29N/c1-3-5-6-7-9-14-23(24-22-12-10-8-11-13-22)19-21-17-15-20(4-2)16-18-21/h4,8,10-13,15-19,24H,2-3,5-7,9,14H2,1H3. The number of hydrogen-bond acceptors (Lipinski definition) is 1. The van der Waals surface area contributed by atoms with Gasteiger partial charge in [-0.25, -0.2) is 0 Å². The summed E-state index contributed by atoms with van der Waals surface area (Å²) in [6, 6.07) is 19.0. The average molecular weight is 319 g/mol. The van der Waals surface area contributed by atoms with Gasteiger partial charge in [0, 0.05) is 11.4 Å². The molecule has 0 atom stereocenters. The minimum atomic E-state index is 1.09. The SMILES string of the molecule is C=Cc1ccc(C=C(CCCCCCC)Nc2ccccc2)cc1. The lowest BCUT2D eigenvalue weighted by Gasteiger charge is -2.12. The van der Waals surface area contributed by atoms with E-state index in [0.29, 0.717) is 0 Å². The third-order valence-electron chi connectivity index (χ3n) is 4.14. The molecule has 1 heteroatoms. The average Bonchev–Trinajstić information content (AvgIpc) is 2.63. The number of benzene rings is 2. The molecule has 0 aromatic heterocycles. The third kappa shape index (κ3) is 6.45. The Bertz CT molecular complexity index is 623. The molecule has 0 saturated heterocycles. The van der Waals surface area contributed by atoms with Crippen LogP contribution < -0.4 is 5.32 Å². The van der Waals surface area contributed by atoms with Crippen LogP contribution in [0.15, 0.2) is 66.9 Å². The van der Waals surface area contributed by atoms with E-state index in [9.17, 15) is 0 Å². The monoisotopic (exact) mass is 319 g/mol. The van der Waals surface area contributed by atoms with E-state index >= 15 is 0 Å². The van der Waals surface area contributed by atoms with Crippen molar-refractivity contribution in [3.8, 4) is 0 Å². The molecule has 1 nitrogen and oxygen atoms in total. The summed E-state index contributed by atoms with van der Waals surface area (Å²) in [7, 11) is 0. The molecule has 0 aliphatic heterocycles. The van der Waals surface area contributed by atoms with Crippen molar-refractivity contribution >= 4 is 17.8 Å². The van der Waals surface area contributed by atoms with E-state index in [4.69, 9.17) is 0 Å². The molecule has 1 N–H and O–H groups in total. The normalized spacial score (nSPS) is 11.3. The predicted octanol–water partition coefficient (Wildman–Crippen LogP) is 7.14. The molecule has 2 aromatic carbocycles. The van der Waals surface area contributed by atoms with Gasteiger partial charge in [0.05, 0.1) is 0 Å². The topological polar surface area (TPSA) is 12.0 Å². The second-order valence-electron chi connectivity index (χ2n) is 6.20. The Hall–Kier alpha value is -2.28. The highest BCUT2D eigenvalue weighted by Gasteiger charge is 2.00. The molecule has 0 radical (unpaired) electrons. The molecular weight excluding hydrogens is 290 g/mol. The number of allylic oxidation sites excluding steroid dienone is 1. The smallest absolute Gasteiger partial charge is 0.0381 e. The number of unbranched alkanes of at least 4 members (excludes halogenated alkanes) is 4. The van der Waals surface area contributed by atoms with Gasteiger partial charge in [0.15, 0.2) is 0 Å². The minimum absolute atomic E-state index is 1.09. The summed E-state index contributed by atoms with van der Waals surface area (Å²) in [6.07, 6.45) is 11.7. The second-order valence-corrected chi connectivity index (χ2v) is 6.20. The Labute approximate surface area is 147 Å². The summed E-state index contributed by atoms with van der Waals surface area (Å²) in [5.41, 5.74) is 4.82. The van der Waals surface area contributed by atoms with Crippen LogP contribution in [-0.4, -0.2) is 0 Å². The Morgan fingerprint density at radius 2 is 1.54 bits per heavy atom. The molecule has 0 bridgehead atoms. The maximum Gasteiger partial charge on any atom is 0.0381 e. The molecule has 0 fully saturated rings. The van der Waals surface area contributed by atoms with Gasteiger partial charge < -0.3 is 5.32 Å². The van der Waals surface area contributed by atoms with Crippen LogP contribution >= 0.6 is 0 Å². The van der Waals surface area contributed by atoms with E-state index < -0.39 is 0 Å². The number of hydrogen-bond donors (Lipinski definition) is 1. The first-order chi connectivity index (χ1) is 11.8. The fraction of sp³-hybridized carbons (Fsp3) is 0.304. The van der Waals surface area contributed by atoms with Crippen molar-refractivity contribution in [2.75, 3.05) is 5.32 Å². The van der Waals surface area contributed by atoms with E-state index in [-0.39, 0.29) is 0 Å². The maximum absolute atomic E-state index is 3.81. The lowest BCUT2D eigenvalue weighted by molar-refractivity contribution is 0.632. The molecule has 126 valence electrons. The van der Waals surface area contributed by atoms with Crippen LogP contribution in [0.4, 0.5) is 5.69 Å². The van der Waals surface area contributed by atoms with Crippen LogP contribution in [0.3, 0.4) is 0 Å². The van der Waals surface area contributed by atoms with E-state index in [1.165, 1.54) is 43.4 Å². The highest BCUT2D eigenvalue weighted by atomic mass is 14.9. The van der Waals surface area contributed by atoms with Crippen molar-refractivity contribution < 1.29 is 0 Å². The lowest BCUT2D eigenvalue weighted by Crippen LogP contribution is -1.99. The van der Waals surface area contributed by atoms with Crippen molar-refractivity contribution in [2.24, 2.45) is 0 Å². The van der Waals surface area contributed by atoms with Crippen molar-refractivity contribution in [1.29, 1.82) is 0 Å². The molecule has 0 heterocycles. The zero-order valence-electron chi connectivity index (χ0n) is 14.8. The van der Waals surface area contributed by atoms with Crippen molar-refractivity contribution in [1.82, 2.24) is 0 Å². The van der Waals surface area contributed by atoms with Gasteiger partial charge in [0.25, 0.3) is 0 Å². The zero-order chi connectivity index (χ0) is 17.0. The molecule has 2 aromatic rings. The van der Waals surface area contributed by atoms with Gasteiger partial charge in [-0.2, -0.15) is 0 Å². The molecule has 2 rings (SSSR count). The van der Waals surface area contributed by atoms with Gasteiger partial charge >= 0.3 is 0 Å². The predicted molar refractivity (Wildman–Crippen MR) is 108 cm³/mol. The van der Waals surface area contributed by atoms with Gasteiger partial charge in [-0.15, -0.1) is 0 Å². The minimum Gasteiger partial charge on any atom is -0.359 e. The molecule has 0 aliphatic carbocycles. The van der Waals surface area contributed by atoms with Crippen LogP contribution in [0, 0.1) is 0 Å². The fourth-order valence-electron chi connectivity index (χ4n) is 2.73. The molecular formula is C23H29N. The Balaban J connectivity index is 2.05. The molecule has 0 unspecified atom stereocenters. The van der Waals surface area contributed by atoms with Crippen LogP contribution in [-0.2, 0) is 0 Å². The first-order valence-electron chi connectivity index (χ1n) is 9.07. The van der Waals surface area contributed by atoms with E-state index in [1.54, 1.807) is 0 Å². The molecule has 0 spiro atoms. The van der Waals surface area contributed by atoms with E-state index in [2.05, 4.69) is 73.4 Å². The Kier molecular flexibility index (Phi) is 7.89. The highest BCUT2D eigenvalue weighted by molar-refractivity contribution is 5.61. The summed E-state index contributed by atoms with van der Waals surface area (Å²) < 4.78 is 0. The maximum atomic E-state index is 3.81. The van der Waals surface area contributed by atoms with Crippen molar-refractivity contribution in [2.45, 2.75) is 45.4 Å². The van der Waals surface area contributed by atoms with Gasteiger partial charge in [0.2, 0.25) is 0 Å². The molecule has 0 saturated carbocycles. The van der Waals surface area contributed by atoms with Gasteiger partial charge in [0.1, 0.15) is 0 Å². The first kappa shape index (κ1) is 18.1. The Morgan fingerprint density at radius 3 is 2.21 bits per heavy atom. The third-order valence-corrected chi connectivity index (χ3v) is 4.14. The largest absolute Gasteiger partial charge is 0.359 e. The molecule has 24 heavy (non-hydrogen) atoms. The van der Waals surface area contributed by atoms with Gasteiger partial charge in [-0.1, -0.05) is 87.7 Å². The number of nitrogens with one attached hydrogen (secondary N) is 1. The van der Waals surface area contributed by atoms with Crippen molar-refractivity contribution in [3.63, 3.8) is 0 Å². The van der Waals surface area contributed by atoms with Crippen LogP contribution in [0.1, 0.15) is 56.6 Å². The number of anilines is 1. The van der Waals surface area contributed by atoms with Crippen LogP contribution in [0.5, 0.6) is 0 Å². The summed E-state index contributed by atoms with van der Waals surface area (Å²) in [6.45, 7) is 6.07. The molecule has 0 aliphatic rings.